The van der Waals surface area contributed by atoms with Crippen LogP contribution in [-0.4, -0.2) is 58.1 Å². The van der Waals surface area contributed by atoms with Crippen molar-refractivity contribution in [2.45, 2.75) is 38.6 Å². The highest BCUT2D eigenvalue weighted by atomic mass is 16.4. The van der Waals surface area contributed by atoms with Gasteiger partial charge in [-0.05, 0) is 19.8 Å². The number of aliphatic carboxylic acids is 1. The van der Waals surface area contributed by atoms with Gasteiger partial charge in [-0.2, -0.15) is 5.10 Å². The van der Waals surface area contributed by atoms with Gasteiger partial charge in [0.25, 0.3) is 5.91 Å². The maximum absolute atomic E-state index is 12.4. The second-order valence-corrected chi connectivity index (χ2v) is 5.38. The zero-order valence-corrected chi connectivity index (χ0v) is 11.7. The van der Waals surface area contributed by atoms with Crippen LogP contribution in [0.4, 0.5) is 0 Å². The fourth-order valence-corrected chi connectivity index (χ4v) is 2.58. The van der Waals surface area contributed by atoms with Crippen LogP contribution >= 0.6 is 0 Å². The number of hydrazone groups is 1. The van der Waals surface area contributed by atoms with Crippen LogP contribution < -0.4 is 0 Å². The third kappa shape index (κ3) is 2.81. The normalized spacial score (nSPS) is 27.3. The number of hydrogen-bond donors (Lipinski definition) is 1. The number of likely N-dealkylation sites (tertiary alicyclic amines) is 1. The molecule has 2 atom stereocenters. The van der Waals surface area contributed by atoms with E-state index in [0.717, 1.165) is 0 Å². The Kier molecular flexibility index (Phi) is 4.06. The number of rotatable bonds is 2. The van der Waals surface area contributed by atoms with E-state index in [-0.39, 0.29) is 30.8 Å². The van der Waals surface area contributed by atoms with E-state index in [0.29, 0.717) is 25.0 Å². The van der Waals surface area contributed by atoms with Gasteiger partial charge < -0.3 is 10.0 Å². The first-order valence-electron chi connectivity index (χ1n) is 6.78. The molecule has 2 unspecified atom stereocenters. The number of carboxylic acid groups (broad SMARTS) is 1. The van der Waals surface area contributed by atoms with Crippen molar-refractivity contribution in [2.24, 2.45) is 11.0 Å². The average Bonchev–Trinajstić information content (AvgIpc) is 2.41. The lowest BCUT2D eigenvalue weighted by molar-refractivity contribution is -0.145. The number of hydrogen-bond acceptors (Lipinski definition) is 4. The highest BCUT2D eigenvalue weighted by Crippen LogP contribution is 2.23. The third-order valence-corrected chi connectivity index (χ3v) is 3.95. The second-order valence-electron chi connectivity index (χ2n) is 5.38. The van der Waals surface area contributed by atoms with E-state index in [1.165, 1.54) is 12.1 Å². The van der Waals surface area contributed by atoms with Gasteiger partial charge in [-0.25, -0.2) is 5.01 Å². The summed E-state index contributed by atoms with van der Waals surface area (Å²) in [6.45, 7) is 2.13. The Bertz CT molecular complexity index is 474. The molecule has 1 fully saturated rings. The van der Waals surface area contributed by atoms with Crippen LogP contribution in [-0.2, 0) is 14.4 Å². The van der Waals surface area contributed by atoms with Gasteiger partial charge >= 0.3 is 5.97 Å². The summed E-state index contributed by atoms with van der Waals surface area (Å²) >= 11 is 0. The molecule has 2 heterocycles. The van der Waals surface area contributed by atoms with Crippen molar-refractivity contribution in [3.05, 3.63) is 0 Å². The molecular formula is C13H19N3O4. The van der Waals surface area contributed by atoms with Crippen molar-refractivity contribution in [3.8, 4) is 0 Å². The summed E-state index contributed by atoms with van der Waals surface area (Å²) in [6, 6.07) is 0.00346. The molecule has 20 heavy (non-hydrogen) atoms. The molecule has 2 amide bonds. The van der Waals surface area contributed by atoms with Crippen LogP contribution in [0.25, 0.3) is 0 Å². The van der Waals surface area contributed by atoms with Crippen molar-refractivity contribution < 1.29 is 19.5 Å². The quantitative estimate of drug-likeness (QED) is 0.788. The van der Waals surface area contributed by atoms with Crippen LogP contribution in [0.1, 0.15) is 32.6 Å². The van der Waals surface area contributed by atoms with Gasteiger partial charge in [0.2, 0.25) is 5.91 Å². The summed E-state index contributed by atoms with van der Waals surface area (Å²) < 4.78 is 0. The molecule has 0 aromatic rings. The largest absolute Gasteiger partial charge is 0.481 e. The number of amides is 2. The molecule has 0 aromatic carbocycles. The fraction of sp³-hybridized carbons (Fsp3) is 0.692. The topological polar surface area (TPSA) is 90.3 Å². The molecule has 1 saturated heterocycles. The number of carboxylic acids is 1. The molecule has 0 aliphatic carbocycles. The smallest absolute Gasteiger partial charge is 0.308 e. The minimum absolute atomic E-state index is 0.00346. The molecule has 0 radical (unpaired) electrons. The molecule has 7 nitrogen and oxygen atoms in total. The molecule has 2 rings (SSSR count). The van der Waals surface area contributed by atoms with Gasteiger partial charge in [0.1, 0.15) is 5.71 Å². The predicted octanol–water partition coefficient (Wildman–Crippen LogP) is 0.306. The van der Waals surface area contributed by atoms with E-state index >= 15 is 0 Å². The highest BCUT2D eigenvalue weighted by molar-refractivity contribution is 6.39. The van der Waals surface area contributed by atoms with Crippen LogP contribution in [0.3, 0.4) is 0 Å². The van der Waals surface area contributed by atoms with E-state index in [9.17, 15) is 14.4 Å². The standard InChI is InChI=1S/C13H19N3O4/c1-8-3-4-9(13(19)20)7-16(8)12(18)10-5-6-11(17)15(2)14-10/h8-9H,3-7H2,1-2H3,(H,19,20). The monoisotopic (exact) mass is 281 g/mol. The van der Waals surface area contributed by atoms with Gasteiger partial charge in [0, 0.05) is 32.5 Å². The zero-order valence-electron chi connectivity index (χ0n) is 11.7. The van der Waals surface area contributed by atoms with E-state index in [1.54, 1.807) is 4.90 Å². The van der Waals surface area contributed by atoms with Crippen molar-refractivity contribution in [3.63, 3.8) is 0 Å². The molecule has 2 aliphatic heterocycles. The van der Waals surface area contributed by atoms with E-state index in [1.807, 2.05) is 6.92 Å². The van der Waals surface area contributed by atoms with Crippen molar-refractivity contribution in [1.29, 1.82) is 0 Å². The number of piperidine rings is 1. The summed E-state index contributed by atoms with van der Waals surface area (Å²) in [4.78, 5) is 36.5. The Morgan fingerprint density at radius 3 is 2.60 bits per heavy atom. The lowest BCUT2D eigenvalue weighted by atomic mass is 9.93. The summed E-state index contributed by atoms with van der Waals surface area (Å²) in [5.74, 6) is -1.74. The van der Waals surface area contributed by atoms with Crippen molar-refractivity contribution >= 4 is 23.5 Å². The first-order chi connectivity index (χ1) is 9.40. The molecule has 0 bridgehead atoms. The molecule has 1 N–H and O–H groups in total. The molecular weight excluding hydrogens is 262 g/mol. The van der Waals surface area contributed by atoms with Gasteiger partial charge in [-0.15, -0.1) is 0 Å². The molecule has 7 heteroatoms. The second kappa shape index (κ2) is 5.60. The van der Waals surface area contributed by atoms with E-state index in [2.05, 4.69) is 5.10 Å². The van der Waals surface area contributed by atoms with Gasteiger partial charge in [-0.1, -0.05) is 0 Å². The Labute approximate surface area is 117 Å². The Morgan fingerprint density at radius 1 is 1.30 bits per heavy atom. The van der Waals surface area contributed by atoms with E-state index < -0.39 is 11.9 Å². The summed E-state index contributed by atoms with van der Waals surface area (Å²) in [7, 11) is 1.52. The Morgan fingerprint density at radius 2 is 2.00 bits per heavy atom. The molecule has 2 aliphatic rings. The summed E-state index contributed by atoms with van der Waals surface area (Å²) in [5, 5.41) is 14.3. The third-order valence-electron chi connectivity index (χ3n) is 3.95. The lowest BCUT2D eigenvalue weighted by Crippen LogP contribution is -2.50. The van der Waals surface area contributed by atoms with Gasteiger partial charge in [-0.3, -0.25) is 14.4 Å². The first kappa shape index (κ1) is 14.5. The Hall–Kier alpha value is -1.92. The summed E-state index contributed by atoms with van der Waals surface area (Å²) in [5.41, 5.74) is 0.338. The predicted molar refractivity (Wildman–Crippen MR) is 71.0 cm³/mol. The fourth-order valence-electron chi connectivity index (χ4n) is 2.58. The number of nitrogens with zero attached hydrogens (tertiary/aromatic N) is 3. The van der Waals surface area contributed by atoms with Crippen molar-refractivity contribution in [1.82, 2.24) is 9.91 Å². The van der Waals surface area contributed by atoms with Gasteiger partial charge in [0.05, 0.1) is 5.92 Å². The summed E-state index contributed by atoms with van der Waals surface area (Å²) in [6.07, 6.45) is 1.85. The van der Waals surface area contributed by atoms with Crippen LogP contribution in [0.2, 0.25) is 0 Å². The van der Waals surface area contributed by atoms with Crippen LogP contribution in [0.15, 0.2) is 5.10 Å². The van der Waals surface area contributed by atoms with Crippen LogP contribution in [0, 0.1) is 5.92 Å². The van der Waals surface area contributed by atoms with Gasteiger partial charge in [0.15, 0.2) is 0 Å². The lowest BCUT2D eigenvalue weighted by Gasteiger charge is -2.37. The highest BCUT2D eigenvalue weighted by Gasteiger charge is 2.35. The SMILES string of the molecule is CC1CCC(C(=O)O)CN1C(=O)C1=NN(C)C(=O)CC1. The first-order valence-corrected chi connectivity index (χ1v) is 6.78. The Balaban J connectivity index is 2.13. The minimum Gasteiger partial charge on any atom is -0.481 e. The number of carbonyl (C=O) groups excluding carboxylic acids is 2. The minimum atomic E-state index is -0.868. The molecule has 0 saturated carbocycles. The maximum Gasteiger partial charge on any atom is 0.308 e. The van der Waals surface area contributed by atoms with Crippen molar-refractivity contribution in [2.75, 3.05) is 13.6 Å². The number of carbonyl (C=O) groups is 3. The van der Waals surface area contributed by atoms with E-state index in [4.69, 9.17) is 5.11 Å². The molecule has 110 valence electrons. The zero-order chi connectivity index (χ0) is 14.9. The average molecular weight is 281 g/mol. The molecule has 0 aromatic heterocycles. The van der Waals surface area contributed by atoms with Crippen LogP contribution in [0.5, 0.6) is 0 Å². The maximum atomic E-state index is 12.4. The molecule has 0 spiro atoms.